The number of amides is 2. The molecule has 152 valence electrons. The summed E-state index contributed by atoms with van der Waals surface area (Å²) >= 11 is 0. The van der Waals surface area contributed by atoms with Gasteiger partial charge in [-0.2, -0.15) is 0 Å². The van der Waals surface area contributed by atoms with Gasteiger partial charge in [0.15, 0.2) is 0 Å². The molecule has 0 aliphatic carbocycles. The van der Waals surface area contributed by atoms with Gasteiger partial charge < -0.3 is 15.0 Å². The zero-order valence-corrected chi connectivity index (χ0v) is 16.8. The average molecular weight is 393 g/mol. The summed E-state index contributed by atoms with van der Waals surface area (Å²) in [4.78, 5) is 28.9. The van der Waals surface area contributed by atoms with Crippen molar-refractivity contribution >= 4 is 17.5 Å². The van der Waals surface area contributed by atoms with E-state index in [-0.39, 0.29) is 17.9 Å². The number of morpholine rings is 1. The summed E-state index contributed by atoms with van der Waals surface area (Å²) in [5.41, 5.74) is 3.70. The first-order chi connectivity index (χ1) is 14.1. The van der Waals surface area contributed by atoms with Crippen molar-refractivity contribution in [1.82, 2.24) is 10.2 Å². The summed E-state index contributed by atoms with van der Waals surface area (Å²) < 4.78 is 5.45. The Kier molecular flexibility index (Phi) is 5.92. The van der Waals surface area contributed by atoms with Crippen LogP contribution in [0, 0.1) is 0 Å². The predicted octanol–water partition coefficient (Wildman–Crippen LogP) is 2.40. The fraction of sp³-hybridized carbons (Fsp3) is 0.391. The van der Waals surface area contributed by atoms with Crippen LogP contribution in [0.15, 0.2) is 48.5 Å². The average Bonchev–Trinajstić information content (AvgIpc) is 3.18. The third-order valence-electron chi connectivity index (χ3n) is 5.67. The summed E-state index contributed by atoms with van der Waals surface area (Å²) in [6.45, 7) is 6.21. The Morgan fingerprint density at radius 1 is 1.07 bits per heavy atom. The standard InChI is InChI=1S/C23H27N3O3/c1-17(27)26-10-9-19-15-20(7-8-22(19)26)23(28)24-21(18-5-3-2-4-6-18)16-25-11-13-29-14-12-25/h2-8,15,21H,9-14,16H2,1H3,(H,24,28). The first-order valence-electron chi connectivity index (χ1n) is 10.2. The van der Waals surface area contributed by atoms with Gasteiger partial charge in [0.2, 0.25) is 5.91 Å². The number of hydrogen-bond acceptors (Lipinski definition) is 4. The number of nitrogens with zero attached hydrogens (tertiary/aromatic N) is 2. The van der Waals surface area contributed by atoms with Crippen molar-refractivity contribution in [1.29, 1.82) is 0 Å². The van der Waals surface area contributed by atoms with Crippen LogP contribution in [0.1, 0.15) is 34.5 Å². The Labute approximate surface area is 171 Å². The van der Waals surface area contributed by atoms with Crippen molar-refractivity contribution in [3.8, 4) is 0 Å². The van der Waals surface area contributed by atoms with E-state index in [0.29, 0.717) is 12.1 Å². The minimum absolute atomic E-state index is 0.0376. The first-order valence-corrected chi connectivity index (χ1v) is 10.2. The minimum Gasteiger partial charge on any atom is -0.379 e. The summed E-state index contributed by atoms with van der Waals surface area (Å²) in [5.74, 6) is -0.0493. The summed E-state index contributed by atoms with van der Waals surface area (Å²) in [6.07, 6.45) is 0.784. The number of carbonyl (C=O) groups is 2. The zero-order chi connectivity index (χ0) is 20.2. The highest BCUT2D eigenvalue weighted by molar-refractivity contribution is 5.98. The molecule has 0 bridgehead atoms. The van der Waals surface area contributed by atoms with Crippen molar-refractivity contribution in [2.75, 3.05) is 44.3 Å². The second-order valence-corrected chi connectivity index (χ2v) is 7.61. The molecule has 2 amide bonds. The Hall–Kier alpha value is -2.70. The number of rotatable bonds is 5. The maximum Gasteiger partial charge on any atom is 0.251 e. The minimum atomic E-state index is -0.0937. The highest BCUT2D eigenvalue weighted by Crippen LogP contribution is 2.29. The maximum absolute atomic E-state index is 13.1. The highest BCUT2D eigenvalue weighted by Gasteiger charge is 2.25. The van der Waals surface area contributed by atoms with E-state index in [1.54, 1.807) is 11.8 Å². The zero-order valence-electron chi connectivity index (χ0n) is 16.8. The SMILES string of the molecule is CC(=O)N1CCc2cc(C(=O)NC(CN3CCOCC3)c3ccccc3)ccc21. The number of anilines is 1. The van der Waals surface area contributed by atoms with Crippen LogP contribution in [0.3, 0.4) is 0 Å². The molecule has 0 radical (unpaired) electrons. The van der Waals surface area contributed by atoms with Crippen molar-refractivity contribution in [2.24, 2.45) is 0 Å². The molecule has 1 fully saturated rings. The van der Waals surface area contributed by atoms with E-state index in [1.807, 2.05) is 36.4 Å². The molecule has 2 aliphatic rings. The van der Waals surface area contributed by atoms with Crippen molar-refractivity contribution in [3.63, 3.8) is 0 Å². The lowest BCUT2D eigenvalue weighted by molar-refractivity contribution is -0.116. The lowest BCUT2D eigenvalue weighted by atomic mass is 10.0. The number of nitrogens with one attached hydrogen (secondary N) is 1. The van der Waals surface area contributed by atoms with E-state index in [0.717, 1.165) is 56.1 Å². The normalized spacial score (nSPS) is 17.6. The Morgan fingerprint density at radius 3 is 2.55 bits per heavy atom. The van der Waals surface area contributed by atoms with Gasteiger partial charge in [-0.05, 0) is 35.7 Å². The third kappa shape index (κ3) is 4.49. The molecule has 1 saturated heterocycles. The molecule has 1 unspecified atom stereocenters. The van der Waals surface area contributed by atoms with E-state index < -0.39 is 0 Å². The van der Waals surface area contributed by atoms with Crippen LogP contribution in [0.4, 0.5) is 5.69 Å². The molecule has 4 rings (SSSR count). The molecule has 6 heteroatoms. The maximum atomic E-state index is 13.1. The fourth-order valence-electron chi connectivity index (χ4n) is 4.07. The summed E-state index contributed by atoms with van der Waals surface area (Å²) in [6, 6.07) is 15.6. The summed E-state index contributed by atoms with van der Waals surface area (Å²) in [7, 11) is 0. The van der Waals surface area contributed by atoms with Crippen LogP contribution in [0.5, 0.6) is 0 Å². The van der Waals surface area contributed by atoms with E-state index in [2.05, 4.69) is 22.3 Å². The largest absolute Gasteiger partial charge is 0.379 e. The van der Waals surface area contributed by atoms with E-state index >= 15 is 0 Å². The number of fused-ring (bicyclic) bond motifs is 1. The number of carbonyl (C=O) groups excluding carboxylic acids is 2. The molecule has 2 aromatic carbocycles. The Bertz CT molecular complexity index is 878. The molecule has 0 aromatic heterocycles. The van der Waals surface area contributed by atoms with Crippen molar-refractivity contribution in [3.05, 3.63) is 65.2 Å². The van der Waals surface area contributed by atoms with Crippen LogP contribution in [0.25, 0.3) is 0 Å². The second kappa shape index (κ2) is 8.76. The van der Waals surface area contributed by atoms with Gasteiger partial charge in [-0.3, -0.25) is 14.5 Å². The van der Waals surface area contributed by atoms with Gasteiger partial charge in [0, 0.05) is 44.4 Å². The third-order valence-corrected chi connectivity index (χ3v) is 5.67. The van der Waals surface area contributed by atoms with Gasteiger partial charge in [0.25, 0.3) is 5.91 Å². The molecule has 2 aliphatic heterocycles. The van der Waals surface area contributed by atoms with Crippen molar-refractivity contribution in [2.45, 2.75) is 19.4 Å². The number of benzene rings is 2. The fourth-order valence-corrected chi connectivity index (χ4v) is 4.07. The molecule has 2 aromatic rings. The monoisotopic (exact) mass is 393 g/mol. The molecule has 1 N–H and O–H groups in total. The molecule has 2 heterocycles. The van der Waals surface area contributed by atoms with Crippen LogP contribution < -0.4 is 10.2 Å². The topological polar surface area (TPSA) is 61.9 Å². The number of ether oxygens (including phenoxy) is 1. The van der Waals surface area contributed by atoms with Crippen LogP contribution in [-0.2, 0) is 16.0 Å². The smallest absolute Gasteiger partial charge is 0.251 e. The van der Waals surface area contributed by atoms with Crippen LogP contribution >= 0.6 is 0 Å². The molecular weight excluding hydrogens is 366 g/mol. The molecule has 6 nitrogen and oxygen atoms in total. The Balaban J connectivity index is 1.51. The molecule has 0 spiro atoms. The second-order valence-electron chi connectivity index (χ2n) is 7.61. The predicted molar refractivity (Wildman–Crippen MR) is 112 cm³/mol. The van der Waals surface area contributed by atoms with Gasteiger partial charge >= 0.3 is 0 Å². The van der Waals surface area contributed by atoms with Gasteiger partial charge in [-0.25, -0.2) is 0 Å². The van der Waals surface area contributed by atoms with Gasteiger partial charge in [0.1, 0.15) is 0 Å². The quantitative estimate of drug-likeness (QED) is 0.847. The lowest BCUT2D eigenvalue weighted by Crippen LogP contribution is -2.43. The van der Waals surface area contributed by atoms with Gasteiger partial charge in [-0.1, -0.05) is 30.3 Å². The molecule has 0 saturated carbocycles. The Morgan fingerprint density at radius 2 is 1.83 bits per heavy atom. The molecule has 29 heavy (non-hydrogen) atoms. The van der Waals surface area contributed by atoms with Crippen molar-refractivity contribution < 1.29 is 14.3 Å². The molecular formula is C23H27N3O3. The van der Waals surface area contributed by atoms with E-state index in [4.69, 9.17) is 4.74 Å². The van der Waals surface area contributed by atoms with Crippen LogP contribution in [0.2, 0.25) is 0 Å². The van der Waals surface area contributed by atoms with E-state index in [9.17, 15) is 9.59 Å². The first kappa shape index (κ1) is 19.6. The van der Waals surface area contributed by atoms with Crippen LogP contribution in [-0.4, -0.2) is 56.1 Å². The van der Waals surface area contributed by atoms with E-state index in [1.165, 1.54) is 0 Å². The highest BCUT2D eigenvalue weighted by atomic mass is 16.5. The lowest BCUT2D eigenvalue weighted by Gasteiger charge is -2.31. The van der Waals surface area contributed by atoms with Gasteiger partial charge in [-0.15, -0.1) is 0 Å². The molecule has 1 atom stereocenters. The number of hydrogen-bond donors (Lipinski definition) is 1. The summed E-state index contributed by atoms with van der Waals surface area (Å²) in [5, 5.41) is 3.22. The van der Waals surface area contributed by atoms with Gasteiger partial charge in [0.05, 0.1) is 19.3 Å².